The maximum absolute atomic E-state index is 12.3. The van der Waals surface area contributed by atoms with Gasteiger partial charge in [-0.3, -0.25) is 0 Å². The van der Waals surface area contributed by atoms with E-state index in [1.54, 1.807) is 23.1 Å². The molecule has 0 radical (unpaired) electrons. The first-order chi connectivity index (χ1) is 13.0. The molecule has 1 aliphatic carbocycles. The van der Waals surface area contributed by atoms with Gasteiger partial charge in [0.25, 0.3) is 0 Å². The summed E-state index contributed by atoms with van der Waals surface area (Å²) in [5, 5.41) is 20.7. The van der Waals surface area contributed by atoms with Crippen LogP contribution < -0.4 is 9.47 Å². The van der Waals surface area contributed by atoms with Crippen molar-refractivity contribution in [2.45, 2.75) is 18.9 Å². The third kappa shape index (κ3) is 2.45. The first-order valence-corrected chi connectivity index (χ1v) is 8.67. The number of hydrogen-bond donors (Lipinski definition) is 2. The maximum atomic E-state index is 12.3. The monoisotopic (exact) mass is 371 g/mol. The molecular weight excluding hydrogens is 350 g/mol. The highest BCUT2D eigenvalue weighted by atomic mass is 16.5. The quantitative estimate of drug-likeness (QED) is 0.844. The average molecular weight is 371 g/mol. The predicted molar refractivity (Wildman–Crippen MR) is 97.6 cm³/mol. The van der Waals surface area contributed by atoms with Gasteiger partial charge in [0.15, 0.2) is 23.0 Å². The molecule has 1 amide bonds. The van der Waals surface area contributed by atoms with Gasteiger partial charge < -0.3 is 29.3 Å². The molecule has 0 aromatic heterocycles. The number of phenols is 2. The minimum atomic E-state index is -0.398. The predicted octanol–water partition coefficient (Wildman–Crippen LogP) is 3.00. The molecule has 7 heteroatoms. The molecule has 2 aromatic rings. The van der Waals surface area contributed by atoms with Crippen molar-refractivity contribution in [3.05, 3.63) is 34.9 Å². The SMILES string of the molecule is COC(=O)N1CCc2cc(O)c(OC)c3c2C1Cc1cc(O)c(OC)cc1-3. The van der Waals surface area contributed by atoms with Gasteiger partial charge in [0, 0.05) is 12.1 Å². The Bertz CT molecular complexity index is 939. The second kappa shape index (κ2) is 6.26. The van der Waals surface area contributed by atoms with Crippen molar-refractivity contribution in [2.75, 3.05) is 27.9 Å². The number of methoxy groups -OCH3 is 3. The zero-order valence-electron chi connectivity index (χ0n) is 15.4. The van der Waals surface area contributed by atoms with Crippen LogP contribution in [0.3, 0.4) is 0 Å². The summed E-state index contributed by atoms with van der Waals surface area (Å²) < 4.78 is 15.7. The molecule has 0 saturated heterocycles. The number of hydrogen-bond acceptors (Lipinski definition) is 6. The Morgan fingerprint density at radius 2 is 1.81 bits per heavy atom. The average Bonchev–Trinajstić information content (AvgIpc) is 2.67. The van der Waals surface area contributed by atoms with Crippen LogP contribution in [0.1, 0.15) is 22.7 Å². The van der Waals surface area contributed by atoms with Gasteiger partial charge in [0.1, 0.15) is 0 Å². The molecule has 142 valence electrons. The molecule has 1 heterocycles. The highest BCUT2D eigenvalue weighted by Gasteiger charge is 2.40. The molecule has 1 unspecified atom stereocenters. The van der Waals surface area contributed by atoms with E-state index in [-0.39, 0.29) is 17.5 Å². The molecule has 0 saturated carbocycles. The molecule has 2 aliphatic rings. The molecule has 27 heavy (non-hydrogen) atoms. The second-order valence-corrected chi connectivity index (χ2v) is 6.69. The summed E-state index contributed by atoms with van der Waals surface area (Å²) in [4.78, 5) is 14.0. The molecule has 7 nitrogen and oxygen atoms in total. The first-order valence-electron chi connectivity index (χ1n) is 8.67. The van der Waals surface area contributed by atoms with E-state index in [1.165, 1.54) is 21.3 Å². The smallest absolute Gasteiger partial charge is 0.410 e. The second-order valence-electron chi connectivity index (χ2n) is 6.69. The summed E-state index contributed by atoms with van der Waals surface area (Å²) >= 11 is 0. The van der Waals surface area contributed by atoms with Crippen LogP contribution in [0.25, 0.3) is 11.1 Å². The number of amides is 1. The summed E-state index contributed by atoms with van der Waals surface area (Å²) in [5.41, 5.74) is 4.31. The summed E-state index contributed by atoms with van der Waals surface area (Å²) in [6, 6.07) is 4.84. The first kappa shape index (κ1) is 17.3. The van der Waals surface area contributed by atoms with Crippen molar-refractivity contribution in [3.63, 3.8) is 0 Å². The van der Waals surface area contributed by atoms with E-state index >= 15 is 0 Å². The van der Waals surface area contributed by atoms with Crippen molar-refractivity contribution in [2.24, 2.45) is 0 Å². The number of fused-ring (bicyclic) bond motifs is 2. The largest absolute Gasteiger partial charge is 0.504 e. The summed E-state index contributed by atoms with van der Waals surface area (Å²) in [5.74, 6) is 0.766. The Hall–Kier alpha value is -3.09. The molecule has 4 rings (SSSR count). The number of carbonyl (C=O) groups is 1. The van der Waals surface area contributed by atoms with Gasteiger partial charge in [-0.05, 0) is 53.3 Å². The van der Waals surface area contributed by atoms with Crippen LogP contribution >= 0.6 is 0 Å². The maximum Gasteiger partial charge on any atom is 0.410 e. The summed E-state index contributed by atoms with van der Waals surface area (Å²) in [7, 11) is 4.35. The lowest BCUT2D eigenvalue weighted by atomic mass is 9.76. The highest BCUT2D eigenvalue weighted by molar-refractivity contribution is 5.86. The van der Waals surface area contributed by atoms with Gasteiger partial charge in [-0.25, -0.2) is 4.79 Å². The van der Waals surface area contributed by atoms with E-state index in [0.29, 0.717) is 30.9 Å². The van der Waals surface area contributed by atoms with Gasteiger partial charge >= 0.3 is 6.09 Å². The number of rotatable bonds is 2. The minimum Gasteiger partial charge on any atom is -0.504 e. The molecule has 1 aliphatic heterocycles. The Labute approximate surface area is 156 Å². The van der Waals surface area contributed by atoms with Crippen LogP contribution in [0, 0.1) is 0 Å². The van der Waals surface area contributed by atoms with E-state index in [9.17, 15) is 15.0 Å². The van der Waals surface area contributed by atoms with E-state index in [4.69, 9.17) is 14.2 Å². The highest BCUT2D eigenvalue weighted by Crippen LogP contribution is 2.53. The molecular formula is C20H21NO6. The Kier molecular flexibility index (Phi) is 4.02. The molecule has 0 bridgehead atoms. The standard InChI is InChI=1S/C20H21NO6/c1-25-16-9-12-11(8-14(16)22)6-13-17-10(4-5-21(13)20(24)27-3)7-15(23)19(26-2)18(12)17/h7-9,13,22-23H,4-6H2,1-3H3. The van der Waals surface area contributed by atoms with Crippen molar-refractivity contribution in [3.8, 4) is 34.1 Å². The third-order valence-electron chi connectivity index (χ3n) is 5.42. The number of benzene rings is 2. The van der Waals surface area contributed by atoms with E-state index in [1.807, 2.05) is 0 Å². The van der Waals surface area contributed by atoms with Gasteiger partial charge in [0.05, 0.1) is 27.4 Å². The van der Waals surface area contributed by atoms with E-state index in [2.05, 4.69) is 0 Å². The number of phenolic OH excluding ortho intramolecular Hbond substituents is 2. The number of carbonyl (C=O) groups excluding carboxylic acids is 1. The van der Waals surface area contributed by atoms with Crippen LogP contribution in [-0.4, -0.2) is 49.1 Å². The van der Waals surface area contributed by atoms with Crippen molar-refractivity contribution < 1.29 is 29.2 Å². The van der Waals surface area contributed by atoms with E-state index < -0.39 is 6.09 Å². The Morgan fingerprint density at radius 3 is 2.48 bits per heavy atom. The fourth-order valence-electron chi connectivity index (χ4n) is 4.27. The van der Waals surface area contributed by atoms with Crippen molar-refractivity contribution in [1.82, 2.24) is 4.90 Å². The number of aromatic hydroxyl groups is 2. The molecule has 2 aromatic carbocycles. The lowest BCUT2D eigenvalue weighted by molar-refractivity contribution is 0.100. The molecule has 1 atom stereocenters. The Morgan fingerprint density at radius 1 is 1.07 bits per heavy atom. The zero-order chi connectivity index (χ0) is 19.3. The number of nitrogens with zero attached hydrogens (tertiary/aromatic N) is 1. The topological polar surface area (TPSA) is 88.5 Å². The van der Waals surface area contributed by atoms with Gasteiger partial charge in [-0.15, -0.1) is 0 Å². The normalized spacial score (nSPS) is 17.0. The van der Waals surface area contributed by atoms with Crippen molar-refractivity contribution >= 4 is 6.09 Å². The van der Waals surface area contributed by atoms with Crippen LogP contribution in [0.15, 0.2) is 18.2 Å². The molecule has 0 spiro atoms. The fourth-order valence-corrected chi connectivity index (χ4v) is 4.27. The lowest BCUT2D eigenvalue weighted by Gasteiger charge is -2.41. The Balaban J connectivity index is 2.03. The third-order valence-corrected chi connectivity index (χ3v) is 5.42. The van der Waals surface area contributed by atoms with Crippen LogP contribution in [0.4, 0.5) is 4.79 Å². The zero-order valence-corrected chi connectivity index (χ0v) is 15.4. The fraction of sp³-hybridized carbons (Fsp3) is 0.350. The van der Waals surface area contributed by atoms with Crippen molar-refractivity contribution in [1.29, 1.82) is 0 Å². The van der Waals surface area contributed by atoms with Crippen LogP contribution in [-0.2, 0) is 17.6 Å². The van der Waals surface area contributed by atoms with Crippen LogP contribution in [0.5, 0.6) is 23.0 Å². The van der Waals surface area contributed by atoms with Gasteiger partial charge in [-0.1, -0.05) is 0 Å². The minimum absolute atomic E-state index is 0.0273. The number of ether oxygens (including phenoxy) is 3. The van der Waals surface area contributed by atoms with E-state index in [0.717, 1.165) is 27.8 Å². The molecule has 2 N–H and O–H groups in total. The summed E-state index contributed by atoms with van der Waals surface area (Å²) in [6.07, 6.45) is 0.733. The lowest BCUT2D eigenvalue weighted by Crippen LogP contribution is -2.42. The molecule has 0 fully saturated rings. The van der Waals surface area contributed by atoms with Gasteiger partial charge in [0.2, 0.25) is 0 Å². The van der Waals surface area contributed by atoms with Gasteiger partial charge in [-0.2, -0.15) is 0 Å². The van der Waals surface area contributed by atoms with Crippen LogP contribution in [0.2, 0.25) is 0 Å². The summed E-state index contributed by atoms with van der Waals surface area (Å²) in [6.45, 7) is 0.493.